The van der Waals surface area contributed by atoms with Crippen molar-refractivity contribution in [1.29, 1.82) is 0 Å². The normalized spacial score (nSPS) is 22.2. The van der Waals surface area contributed by atoms with E-state index in [4.69, 9.17) is 23.2 Å². The number of likely N-dealkylation sites (tertiary alicyclic amines) is 1. The number of halogens is 7. The second kappa shape index (κ2) is 12.3. The molecule has 3 fully saturated rings. The number of carbonyl (C=O) groups is 2. The molecule has 42 heavy (non-hydrogen) atoms. The van der Waals surface area contributed by atoms with Crippen molar-refractivity contribution in [1.82, 2.24) is 14.7 Å². The van der Waals surface area contributed by atoms with Crippen molar-refractivity contribution < 1.29 is 31.5 Å². The van der Waals surface area contributed by atoms with Gasteiger partial charge in [0.25, 0.3) is 5.91 Å². The van der Waals surface area contributed by atoms with Crippen LogP contribution in [0.5, 0.6) is 0 Å². The summed E-state index contributed by atoms with van der Waals surface area (Å²) in [5.74, 6) is -3.23. The largest absolute Gasteiger partial charge is 0.401 e. The first kappa shape index (κ1) is 31.0. The molecular weight excluding hydrogens is 600 g/mol. The first-order valence-electron chi connectivity index (χ1n) is 14.1. The molecule has 0 bridgehead atoms. The predicted molar refractivity (Wildman–Crippen MR) is 151 cm³/mol. The molecule has 5 rings (SSSR count). The molecule has 228 valence electrons. The lowest BCUT2D eigenvalue weighted by atomic mass is 9.91. The van der Waals surface area contributed by atoms with Crippen LogP contribution in [-0.4, -0.2) is 83.9 Å². The summed E-state index contributed by atoms with van der Waals surface area (Å²) in [6.07, 6.45) is -3.05. The number of nitrogens with zero attached hydrogens (tertiary/aromatic N) is 3. The fourth-order valence-corrected chi connectivity index (χ4v) is 6.85. The van der Waals surface area contributed by atoms with Gasteiger partial charge in [-0.3, -0.25) is 14.5 Å². The number of alkyl halides is 5. The highest BCUT2D eigenvalue weighted by atomic mass is 35.5. The van der Waals surface area contributed by atoms with E-state index in [9.17, 15) is 31.5 Å². The number of carbonyl (C=O) groups excluding carboxylic acids is 2. The van der Waals surface area contributed by atoms with Gasteiger partial charge >= 0.3 is 6.18 Å². The van der Waals surface area contributed by atoms with Crippen molar-refractivity contribution in [2.75, 3.05) is 39.3 Å². The maximum atomic E-state index is 13.6. The van der Waals surface area contributed by atoms with Crippen molar-refractivity contribution in [2.24, 2.45) is 5.92 Å². The smallest absolute Gasteiger partial charge is 0.339 e. The Balaban J connectivity index is 1.20. The highest BCUT2D eigenvalue weighted by Crippen LogP contribution is 2.39. The SMILES string of the molecule is O=C(c1ccc(-c2cc(Cl)c(C[C@@H]3CCN(C4CCC(F)(F)CC4)C3=O)c(Cl)c2)cc1)N1CCN(CC(F)(F)F)CC1. The zero-order valence-corrected chi connectivity index (χ0v) is 24.4. The fraction of sp³-hybridized carbons (Fsp3) is 0.533. The molecule has 1 aliphatic carbocycles. The molecule has 3 aliphatic rings. The summed E-state index contributed by atoms with van der Waals surface area (Å²) in [6.45, 7) is 0.338. The third-order valence-electron chi connectivity index (χ3n) is 8.60. The van der Waals surface area contributed by atoms with Crippen LogP contribution in [0.2, 0.25) is 10.0 Å². The van der Waals surface area contributed by atoms with Crippen molar-refractivity contribution >= 4 is 35.0 Å². The number of hydrogen-bond donors (Lipinski definition) is 0. The van der Waals surface area contributed by atoms with Crippen molar-refractivity contribution in [3.8, 4) is 11.1 Å². The average molecular weight is 633 g/mol. The molecular formula is C30H32Cl2F5N3O2. The molecule has 1 atom stereocenters. The van der Waals surface area contributed by atoms with Gasteiger partial charge in [-0.1, -0.05) is 35.3 Å². The molecule has 2 aliphatic heterocycles. The Morgan fingerprint density at radius 3 is 2.05 bits per heavy atom. The minimum atomic E-state index is -4.26. The highest BCUT2D eigenvalue weighted by molar-refractivity contribution is 6.36. The predicted octanol–water partition coefficient (Wildman–Crippen LogP) is 6.95. The molecule has 2 heterocycles. The Morgan fingerprint density at radius 2 is 1.48 bits per heavy atom. The minimum absolute atomic E-state index is 0.0385. The molecule has 5 nitrogen and oxygen atoms in total. The number of hydrogen-bond acceptors (Lipinski definition) is 3. The van der Waals surface area contributed by atoms with Gasteiger partial charge in [0.1, 0.15) is 0 Å². The summed E-state index contributed by atoms with van der Waals surface area (Å²) in [6, 6.07) is 10.2. The van der Waals surface area contributed by atoms with Gasteiger partial charge in [0.15, 0.2) is 0 Å². The van der Waals surface area contributed by atoms with E-state index in [-0.39, 0.29) is 62.8 Å². The van der Waals surface area contributed by atoms with E-state index in [1.807, 2.05) is 0 Å². The number of amides is 2. The number of piperazine rings is 1. The van der Waals surface area contributed by atoms with E-state index < -0.39 is 18.6 Å². The molecule has 0 spiro atoms. The molecule has 2 amide bonds. The third kappa shape index (κ3) is 7.19. The highest BCUT2D eigenvalue weighted by Gasteiger charge is 2.42. The van der Waals surface area contributed by atoms with Gasteiger partial charge in [-0.25, -0.2) is 8.78 Å². The van der Waals surface area contributed by atoms with Gasteiger partial charge in [-0.2, -0.15) is 13.2 Å². The van der Waals surface area contributed by atoms with E-state index in [1.165, 1.54) is 4.90 Å². The van der Waals surface area contributed by atoms with Crippen LogP contribution >= 0.6 is 23.2 Å². The van der Waals surface area contributed by atoms with Crippen LogP contribution < -0.4 is 0 Å². The van der Waals surface area contributed by atoms with Crippen molar-refractivity contribution in [2.45, 2.75) is 56.7 Å². The van der Waals surface area contributed by atoms with Crippen LogP contribution in [0.3, 0.4) is 0 Å². The Morgan fingerprint density at radius 1 is 0.881 bits per heavy atom. The summed E-state index contributed by atoms with van der Waals surface area (Å²) in [7, 11) is 0. The third-order valence-corrected chi connectivity index (χ3v) is 9.27. The van der Waals surface area contributed by atoms with Gasteiger partial charge in [-0.15, -0.1) is 0 Å². The van der Waals surface area contributed by atoms with Gasteiger partial charge in [-0.05, 0) is 66.6 Å². The van der Waals surface area contributed by atoms with Crippen LogP contribution in [0.15, 0.2) is 36.4 Å². The van der Waals surface area contributed by atoms with E-state index in [1.54, 1.807) is 46.2 Å². The zero-order valence-electron chi connectivity index (χ0n) is 22.9. The van der Waals surface area contributed by atoms with Gasteiger partial charge < -0.3 is 9.80 Å². The van der Waals surface area contributed by atoms with Gasteiger partial charge in [0.2, 0.25) is 11.8 Å². The van der Waals surface area contributed by atoms with Crippen LogP contribution in [0.25, 0.3) is 11.1 Å². The van der Waals surface area contributed by atoms with E-state index in [0.29, 0.717) is 53.4 Å². The maximum Gasteiger partial charge on any atom is 0.401 e. The second-order valence-electron chi connectivity index (χ2n) is 11.5. The standard InChI is InChI=1S/C30H32Cl2F5N3O2/c31-25-16-22(19-1-3-20(4-2-19)27(41)39-13-11-38(12-14-39)18-30(35,36)37)17-26(32)24(25)15-21-7-10-40(28(21)42)23-5-8-29(33,34)9-6-23/h1-4,16-17,21,23H,5-15,18H2/t21-/m0/s1. The molecule has 0 radical (unpaired) electrons. The van der Waals surface area contributed by atoms with Crippen molar-refractivity contribution in [3.05, 3.63) is 57.6 Å². The quantitative estimate of drug-likeness (QED) is 0.324. The molecule has 2 aromatic carbocycles. The van der Waals surface area contributed by atoms with Gasteiger partial charge in [0.05, 0.1) is 6.54 Å². The Bertz CT molecular complexity index is 1280. The lowest BCUT2D eigenvalue weighted by molar-refractivity contribution is -0.148. The van der Waals surface area contributed by atoms with Crippen LogP contribution in [-0.2, 0) is 11.2 Å². The van der Waals surface area contributed by atoms with E-state index >= 15 is 0 Å². The first-order chi connectivity index (χ1) is 19.8. The topological polar surface area (TPSA) is 43.9 Å². The summed E-state index contributed by atoms with van der Waals surface area (Å²) >= 11 is 13.3. The van der Waals surface area contributed by atoms with E-state index in [0.717, 1.165) is 11.1 Å². The maximum absolute atomic E-state index is 13.6. The summed E-state index contributed by atoms with van der Waals surface area (Å²) in [5, 5.41) is 0.830. The molecule has 0 aromatic heterocycles. The Hall–Kier alpha value is -2.43. The molecule has 2 saturated heterocycles. The van der Waals surface area contributed by atoms with E-state index in [2.05, 4.69) is 0 Å². The molecule has 12 heteroatoms. The zero-order chi connectivity index (χ0) is 30.2. The minimum Gasteiger partial charge on any atom is -0.339 e. The second-order valence-corrected chi connectivity index (χ2v) is 12.3. The lowest BCUT2D eigenvalue weighted by Crippen LogP contribution is -2.50. The number of rotatable bonds is 6. The van der Waals surface area contributed by atoms with Crippen LogP contribution in [0.4, 0.5) is 22.0 Å². The molecule has 0 N–H and O–H groups in total. The van der Waals surface area contributed by atoms with Gasteiger partial charge in [0, 0.05) is 73.1 Å². The van der Waals surface area contributed by atoms with Crippen molar-refractivity contribution in [3.63, 3.8) is 0 Å². The summed E-state index contributed by atoms with van der Waals surface area (Å²) < 4.78 is 65.1. The lowest BCUT2D eigenvalue weighted by Gasteiger charge is -2.35. The first-order valence-corrected chi connectivity index (χ1v) is 14.9. The summed E-state index contributed by atoms with van der Waals surface area (Å²) in [5.41, 5.74) is 2.60. The fourth-order valence-electron chi connectivity index (χ4n) is 6.21. The summed E-state index contributed by atoms with van der Waals surface area (Å²) in [4.78, 5) is 30.6. The molecule has 0 unspecified atom stereocenters. The number of benzene rings is 2. The Kier molecular flexibility index (Phi) is 9.07. The monoisotopic (exact) mass is 631 g/mol. The molecule has 2 aromatic rings. The Labute approximate surface area is 251 Å². The van der Waals surface area contributed by atoms with Crippen LogP contribution in [0, 0.1) is 5.92 Å². The van der Waals surface area contributed by atoms with Crippen LogP contribution in [0.1, 0.15) is 48.0 Å². The molecule has 1 saturated carbocycles. The average Bonchev–Trinajstić information content (AvgIpc) is 3.29.